The maximum absolute atomic E-state index is 10.9. The van der Waals surface area contributed by atoms with E-state index in [0.717, 1.165) is 0 Å². The van der Waals surface area contributed by atoms with Crippen LogP contribution in [0, 0.1) is 0 Å². The molecule has 0 bridgehead atoms. The normalized spacial score (nSPS) is 7.92. The van der Waals surface area contributed by atoms with Crippen LogP contribution in [0.3, 0.4) is 0 Å². The number of benzene rings is 1. The first-order chi connectivity index (χ1) is 5.84. The SMILES string of the molecule is CN.CNC(=O)c1ccccc1. The molecule has 1 aromatic rings. The summed E-state index contributed by atoms with van der Waals surface area (Å²) in [5.41, 5.74) is 5.20. The average molecular weight is 166 g/mol. The molecule has 0 aliphatic carbocycles. The lowest BCUT2D eigenvalue weighted by Crippen LogP contribution is -2.17. The molecule has 0 radical (unpaired) electrons. The number of carbonyl (C=O) groups is 1. The fourth-order valence-electron chi connectivity index (χ4n) is 0.734. The Bertz CT molecular complexity index is 221. The molecule has 0 unspecified atom stereocenters. The Balaban J connectivity index is 0.000000561. The molecule has 0 aliphatic heterocycles. The number of nitrogens with two attached hydrogens (primary N) is 1. The molecule has 12 heavy (non-hydrogen) atoms. The van der Waals surface area contributed by atoms with Gasteiger partial charge >= 0.3 is 0 Å². The quantitative estimate of drug-likeness (QED) is 0.642. The van der Waals surface area contributed by atoms with Gasteiger partial charge in [0.15, 0.2) is 0 Å². The molecule has 0 heterocycles. The molecule has 1 aromatic carbocycles. The molecule has 0 atom stereocenters. The van der Waals surface area contributed by atoms with E-state index >= 15 is 0 Å². The smallest absolute Gasteiger partial charge is 0.251 e. The van der Waals surface area contributed by atoms with Crippen molar-refractivity contribution in [3.8, 4) is 0 Å². The van der Waals surface area contributed by atoms with E-state index in [2.05, 4.69) is 11.1 Å². The van der Waals surface area contributed by atoms with Crippen LogP contribution < -0.4 is 11.1 Å². The molecule has 0 aliphatic rings. The highest BCUT2D eigenvalue weighted by Crippen LogP contribution is 1.96. The molecule has 1 rings (SSSR count). The fraction of sp³-hybridized carbons (Fsp3) is 0.222. The monoisotopic (exact) mass is 166 g/mol. The van der Waals surface area contributed by atoms with Crippen LogP contribution in [0.4, 0.5) is 0 Å². The van der Waals surface area contributed by atoms with Crippen molar-refractivity contribution < 1.29 is 4.79 Å². The van der Waals surface area contributed by atoms with Gasteiger partial charge in [0.25, 0.3) is 5.91 Å². The van der Waals surface area contributed by atoms with Crippen LogP contribution in [0.1, 0.15) is 10.4 Å². The van der Waals surface area contributed by atoms with E-state index < -0.39 is 0 Å². The van der Waals surface area contributed by atoms with Gasteiger partial charge in [-0.15, -0.1) is 0 Å². The number of hydrogen-bond acceptors (Lipinski definition) is 2. The van der Waals surface area contributed by atoms with Crippen LogP contribution in [0.5, 0.6) is 0 Å². The van der Waals surface area contributed by atoms with Gasteiger partial charge in [0.1, 0.15) is 0 Å². The first-order valence-electron chi connectivity index (χ1n) is 3.69. The summed E-state index contributed by atoms with van der Waals surface area (Å²) in [5.74, 6) is -0.0411. The first-order valence-corrected chi connectivity index (χ1v) is 3.69. The van der Waals surface area contributed by atoms with Gasteiger partial charge in [-0.25, -0.2) is 0 Å². The summed E-state index contributed by atoms with van der Waals surface area (Å²) in [5, 5.41) is 2.54. The predicted octanol–water partition coefficient (Wildman–Crippen LogP) is 0.621. The number of hydrogen-bond donors (Lipinski definition) is 2. The first kappa shape index (κ1) is 10.7. The van der Waals surface area contributed by atoms with E-state index in [0.29, 0.717) is 5.56 Å². The van der Waals surface area contributed by atoms with Crippen LogP contribution in [0.25, 0.3) is 0 Å². The van der Waals surface area contributed by atoms with Crippen molar-refractivity contribution in [3.63, 3.8) is 0 Å². The second kappa shape index (κ2) is 6.37. The lowest BCUT2D eigenvalue weighted by Gasteiger charge is -1.96. The summed E-state index contributed by atoms with van der Waals surface area (Å²) in [6.45, 7) is 0. The molecule has 0 saturated carbocycles. The predicted molar refractivity (Wildman–Crippen MR) is 49.9 cm³/mol. The number of carbonyl (C=O) groups excluding carboxylic acids is 1. The van der Waals surface area contributed by atoms with E-state index in [1.165, 1.54) is 7.05 Å². The van der Waals surface area contributed by atoms with Gasteiger partial charge in [-0.1, -0.05) is 18.2 Å². The Morgan fingerprint density at radius 3 is 2.17 bits per heavy atom. The van der Waals surface area contributed by atoms with Gasteiger partial charge in [0.05, 0.1) is 0 Å². The standard InChI is InChI=1S/C8H9NO.CH5N/c1-9-8(10)7-5-3-2-4-6-7;1-2/h2-6H,1H3,(H,9,10);2H2,1H3. The number of rotatable bonds is 1. The topological polar surface area (TPSA) is 55.1 Å². The molecule has 3 nitrogen and oxygen atoms in total. The maximum Gasteiger partial charge on any atom is 0.251 e. The van der Waals surface area contributed by atoms with Gasteiger partial charge < -0.3 is 11.1 Å². The maximum atomic E-state index is 10.9. The molecule has 0 fully saturated rings. The third-order valence-electron chi connectivity index (χ3n) is 1.26. The molecule has 0 spiro atoms. The minimum Gasteiger partial charge on any atom is -0.355 e. The zero-order valence-corrected chi connectivity index (χ0v) is 7.37. The average Bonchev–Trinajstić information content (AvgIpc) is 2.21. The van der Waals surface area contributed by atoms with Crippen molar-refractivity contribution in [2.24, 2.45) is 5.73 Å². The highest BCUT2D eigenvalue weighted by atomic mass is 16.1. The van der Waals surface area contributed by atoms with Crippen molar-refractivity contribution in [3.05, 3.63) is 35.9 Å². The molecule has 3 heteroatoms. The van der Waals surface area contributed by atoms with Crippen LogP contribution >= 0.6 is 0 Å². The van der Waals surface area contributed by atoms with Crippen molar-refractivity contribution in [1.82, 2.24) is 5.32 Å². The Hall–Kier alpha value is -1.35. The summed E-state index contributed by atoms with van der Waals surface area (Å²) in [6, 6.07) is 9.11. The number of amides is 1. The Kier molecular flexibility index (Phi) is 5.65. The minimum absolute atomic E-state index is 0.0411. The molecule has 0 saturated heterocycles. The van der Waals surface area contributed by atoms with Crippen LogP contribution in [-0.4, -0.2) is 20.0 Å². The van der Waals surface area contributed by atoms with Gasteiger partial charge in [0.2, 0.25) is 0 Å². The van der Waals surface area contributed by atoms with E-state index in [4.69, 9.17) is 0 Å². The van der Waals surface area contributed by atoms with E-state index in [9.17, 15) is 4.79 Å². The zero-order valence-electron chi connectivity index (χ0n) is 7.37. The molecule has 1 amide bonds. The molecule has 0 aromatic heterocycles. The second-order valence-electron chi connectivity index (χ2n) is 1.95. The van der Waals surface area contributed by atoms with Gasteiger partial charge in [0, 0.05) is 12.6 Å². The molecular formula is C9H14N2O. The number of nitrogens with one attached hydrogen (secondary N) is 1. The third-order valence-corrected chi connectivity index (χ3v) is 1.26. The van der Waals surface area contributed by atoms with Crippen molar-refractivity contribution in [1.29, 1.82) is 0 Å². The van der Waals surface area contributed by atoms with Gasteiger partial charge in [-0.05, 0) is 19.2 Å². The Morgan fingerprint density at radius 2 is 1.75 bits per heavy atom. The molecule has 3 N–H and O–H groups in total. The van der Waals surface area contributed by atoms with Gasteiger partial charge in [-0.3, -0.25) is 4.79 Å². The van der Waals surface area contributed by atoms with Crippen LogP contribution in [0.2, 0.25) is 0 Å². The van der Waals surface area contributed by atoms with Crippen LogP contribution in [-0.2, 0) is 0 Å². The van der Waals surface area contributed by atoms with Crippen LogP contribution in [0.15, 0.2) is 30.3 Å². The van der Waals surface area contributed by atoms with Crippen molar-refractivity contribution in [2.75, 3.05) is 14.1 Å². The third kappa shape index (κ3) is 3.16. The Morgan fingerprint density at radius 1 is 1.25 bits per heavy atom. The Labute approximate surface area is 72.6 Å². The summed E-state index contributed by atoms with van der Waals surface area (Å²) < 4.78 is 0. The molecular weight excluding hydrogens is 152 g/mol. The summed E-state index contributed by atoms with van der Waals surface area (Å²) in [6.07, 6.45) is 0. The highest BCUT2D eigenvalue weighted by Gasteiger charge is 1.97. The van der Waals surface area contributed by atoms with E-state index in [1.54, 1.807) is 19.2 Å². The molecule has 66 valence electrons. The van der Waals surface area contributed by atoms with Gasteiger partial charge in [-0.2, -0.15) is 0 Å². The van der Waals surface area contributed by atoms with Crippen molar-refractivity contribution >= 4 is 5.91 Å². The minimum atomic E-state index is -0.0411. The highest BCUT2D eigenvalue weighted by molar-refractivity contribution is 5.93. The van der Waals surface area contributed by atoms with E-state index in [1.807, 2.05) is 18.2 Å². The summed E-state index contributed by atoms with van der Waals surface area (Å²) in [7, 11) is 3.12. The fourth-order valence-corrected chi connectivity index (χ4v) is 0.734. The lowest BCUT2D eigenvalue weighted by molar-refractivity contribution is 0.0963. The largest absolute Gasteiger partial charge is 0.355 e. The second-order valence-corrected chi connectivity index (χ2v) is 1.95. The zero-order chi connectivity index (χ0) is 9.40. The summed E-state index contributed by atoms with van der Waals surface area (Å²) in [4.78, 5) is 10.9. The van der Waals surface area contributed by atoms with E-state index in [-0.39, 0.29) is 5.91 Å². The lowest BCUT2D eigenvalue weighted by atomic mass is 10.2. The van der Waals surface area contributed by atoms with Crippen molar-refractivity contribution in [2.45, 2.75) is 0 Å². The summed E-state index contributed by atoms with van der Waals surface area (Å²) >= 11 is 0.